The first-order valence-corrected chi connectivity index (χ1v) is 9.26. The Morgan fingerprint density at radius 1 is 0.950 bits per heavy atom. The molecule has 0 radical (unpaired) electrons. The molecule has 1 heteroatoms. The third kappa shape index (κ3) is 4.23. The SMILES string of the molecule is CCC(C)(C)C1CCC(NCC2CCCCC2C)CC1. The third-order valence-corrected chi connectivity index (χ3v) is 6.70. The van der Waals surface area contributed by atoms with E-state index in [2.05, 4.69) is 33.0 Å². The van der Waals surface area contributed by atoms with E-state index in [1.165, 1.54) is 64.3 Å². The van der Waals surface area contributed by atoms with Crippen molar-refractivity contribution < 1.29 is 0 Å². The van der Waals surface area contributed by atoms with E-state index < -0.39 is 0 Å². The van der Waals surface area contributed by atoms with Crippen molar-refractivity contribution in [3.8, 4) is 0 Å². The Morgan fingerprint density at radius 3 is 2.20 bits per heavy atom. The summed E-state index contributed by atoms with van der Waals surface area (Å²) in [5.41, 5.74) is 0.558. The van der Waals surface area contributed by atoms with Gasteiger partial charge in [-0.2, -0.15) is 0 Å². The van der Waals surface area contributed by atoms with Gasteiger partial charge in [-0.15, -0.1) is 0 Å². The van der Waals surface area contributed by atoms with Crippen molar-refractivity contribution in [2.24, 2.45) is 23.2 Å². The summed E-state index contributed by atoms with van der Waals surface area (Å²) in [6.07, 6.45) is 12.9. The zero-order chi connectivity index (χ0) is 14.6. The van der Waals surface area contributed by atoms with Crippen molar-refractivity contribution in [2.75, 3.05) is 6.54 Å². The zero-order valence-electron chi connectivity index (χ0n) is 14.4. The van der Waals surface area contributed by atoms with Crippen LogP contribution in [-0.4, -0.2) is 12.6 Å². The van der Waals surface area contributed by atoms with Gasteiger partial charge in [-0.25, -0.2) is 0 Å². The maximum absolute atomic E-state index is 3.91. The van der Waals surface area contributed by atoms with Crippen molar-refractivity contribution in [2.45, 2.75) is 91.5 Å². The molecule has 0 saturated heterocycles. The average Bonchev–Trinajstić information content (AvgIpc) is 2.47. The van der Waals surface area contributed by atoms with E-state index in [9.17, 15) is 0 Å². The highest BCUT2D eigenvalue weighted by atomic mass is 14.9. The van der Waals surface area contributed by atoms with Crippen LogP contribution in [0.3, 0.4) is 0 Å². The zero-order valence-corrected chi connectivity index (χ0v) is 14.4. The molecule has 0 bridgehead atoms. The molecule has 2 saturated carbocycles. The second kappa shape index (κ2) is 7.29. The van der Waals surface area contributed by atoms with Gasteiger partial charge in [0.15, 0.2) is 0 Å². The summed E-state index contributed by atoms with van der Waals surface area (Å²) in [6.45, 7) is 11.0. The lowest BCUT2D eigenvalue weighted by atomic mass is 9.69. The predicted molar refractivity (Wildman–Crippen MR) is 88.9 cm³/mol. The van der Waals surface area contributed by atoms with Crippen LogP contribution in [0.1, 0.15) is 85.5 Å². The molecule has 0 heterocycles. The fourth-order valence-corrected chi connectivity index (χ4v) is 4.38. The Hall–Kier alpha value is -0.0400. The van der Waals surface area contributed by atoms with Crippen LogP contribution >= 0.6 is 0 Å². The molecule has 0 aromatic rings. The van der Waals surface area contributed by atoms with E-state index >= 15 is 0 Å². The third-order valence-electron chi connectivity index (χ3n) is 6.70. The van der Waals surface area contributed by atoms with E-state index in [0.717, 1.165) is 23.8 Å². The predicted octanol–water partition coefficient (Wildman–Crippen LogP) is 5.40. The summed E-state index contributed by atoms with van der Waals surface area (Å²) in [6, 6.07) is 0.813. The lowest BCUT2D eigenvalue weighted by molar-refractivity contribution is 0.133. The minimum absolute atomic E-state index is 0.558. The van der Waals surface area contributed by atoms with Gasteiger partial charge in [0.25, 0.3) is 0 Å². The fraction of sp³-hybridized carbons (Fsp3) is 1.00. The Kier molecular flexibility index (Phi) is 5.95. The maximum atomic E-state index is 3.91. The van der Waals surface area contributed by atoms with E-state index in [4.69, 9.17) is 0 Å². The van der Waals surface area contributed by atoms with Gasteiger partial charge in [0, 0.05) is 6.04 Å². The summed E-state index contributed by atoms with van der Waals surface area (Å²) < 4.78 is 0. The van der Waals surface area contributed by atoms with Crippen LogP contribution in [0.2, 0.25) is 0 Å². The Bertz CT molecular complexity index is 275. The maximum Gasteiger partial charge on any atom is 0.00673 e. The second-order valence-corrected chi connectivity index (χ2v) is 8.32. The van der Waals surface area contributed by atoms with Crippen LogP contribution in [0.15, 0.2) is 0 Å². The fourth-order valence-electron chi connectivity index (χ4n) is 4.38. The standard InChI is InChI=1S/C19H37N/c1-5-19(3,4)17-10-12-18(13-11-17)20-14-16-9-7-6-8-15(16)2/h15-18,20H,5-14H2,1-4H3. The van der Waals surface area contributed by atoms with E-state index in [1.807, 2.05) is 0 Å². The van der Waals surface area contributed by atoms with Crippen LogP contribution in [0.4, 0.5) is 0 Å². The van der Waals surface area contributed by atoms with Crippen LogP contribution in [-0.2, 0) is 0 Å². The number of hydrogen-bond donors (Lipinski definition) is 1. The molecule has 1 nitrogen and oxygen atoms in total. The molecule has 2 rings (SSSR count). The second-order valence-electron chi connectivity index (χ2n) is 8.32. The molecule has 0 spiro atoms. The highest BCUT2D eigenvalue weighted by molar-refractivity contribution is 4.85. The molecule has 2 fully saturated rings. The van der Waals surface area contributed by atoms with Crippen LogP contribution in [0.25, 0.3) is 0 Å². The normalized spacial score (nSPS) is 36.0. The van der Waals surface area contributed by atoms with E-state index in [-0.39, 0.29) is 0 Å². The molecule has 2 aliphatic carbocycles. The Balaban J connectivity index is 1.69. The van der Waals surface area contributed by atoms with Crippen LogP contribution in [0.5, 0.6) is 0 Å². The Labute approximate surface area is 127 Å². The molecule has 118 valence electrons. The van der Waals surface area contributed by atoms with Crippen LogP contribution < -0.4 is 5.32 Å². The van der Waals surface area contributed by atoms with Crippen molar-refractivity contribution in [3.05, 3.63) is 0 Å². The molecule has 0 aromatic carbocycles. The van der Waals surface area contributed by atoms with Gasteiger partial charge in [0.2, 0.25) is 0 Å². The molecule has 20 heavy (non-hydrogen) atoms. The number of hydrogen-bond acceptors (Lipinski definition) is 1. The molecule has 2 atom stereocenters. The highest BCUT2D eigenvalue weighted by Gasteiger charge is 2.32. The quantitative estimate of drug-likeness (QED) is 0.710. The van der Waals surface area contributed by atoms with Crippen molar-refractivity contribution >= 4 is 0 Å². The summed E-state index contributed by atoms with van der Waals surface area (Å²) in [5, 5.41) is 3.91. The van der Waals surface area contributed by atoms with Crippen LogP contribution in [0, 0.1) is 23.2 Å². The minimum atomic E-state index is 0.558. The summed E-state index contributed by atoms with van der Waals surface area (Å²) in [4.78, 5) is 0. The Morgan fingerprint density at radius 2 is 1.60 bits per heavy atom. The largest absolute Gasteiger partial charge is 0.314 e. The number of rotatable bonds is 5. The van der Waals surface area contributed by atoms with Crippen molar-refractivity contribution in [1.29, 1.82) is 0 Å². The average molecular weight is 280 g/mol. The van der Waals surface area contributed by atoms with E-state index in [1.54, 1.807) is 0 Å². The lowest BCUT2D eigenvalue weighted by Crippen LogP contribution is -2.40. The topological polar surface area (TPSA) is 12.0 Å². The molecule has 1 N–H and O–H groups in total. The smallest absolute Gasteiger partial charge is 0.00673 e. The van der Waals surface area contributed by atoms with Gasteiger partial charge >= 0.3 is 0 Å². The minimum Gasteiger partial charge on any atom is -0.314 e. The molecule has 0 aliphatic heterocycles. The highest BCUT2D eigenvalue weighted by Crippen LogP contribution is 2.40. The lowest BCUT2D eigenvalue weighted by Gasteiger charge is -2.40. The van der Waals surface area contributed by atoms with E-state index in [0.29, 0.717) is 5.41 Å². The molecule has 0 amide bonds. The monoisotopic (exact) mass is 279 g/mol. The van der Waals surface area contributed by atoms with Gasteiger partial charge in [-0.05, 0) is 61.8 Å². The number of nitrogens with one attached hydrogen (secondary N) is 1. The van der Waals surface area contributed by atoms with Gasteiger partial charge in [0.1, 0.15) is 0 Å². The molecule has 0 aromatic heterocycles. The molecule has 2 unspecified atom stereocenters. The first-order valence-electron chi connectivity index (χ1n) is 9.26. The summed E-state index contributed by atoms with van der Waals surface area (Å²) in [5.74, 6) is 2.86. The first kappa shape index (κ1) is 16.3. The van der Waals surface area contributed by atoms with Crippen molar-refractivity contribution in [1.82, 2.24) is 5.32 Å². The van der Waals surface area contributed by atoms with Gasteiger partial charge in [0.05, 0.1) is 0 Å². The molecule has 2 aliphatic rings. The summed E-state index contributed by atoms with van der Waals surface area (Å²) >= 11 is 0. The van der Waals surface area contributed by atoms with Gasteiger partial charge < -0.3 is 5.32 Å². The summed E-state index contributed by atoms with van der Waals surface area (Å²) in [7, 11) is 0. The van der Waals surface area contributed by atoms with Gasteiger partial charge in [-0.3, -0.25) is 0 Å². The van der Waals surface area contributed by atoms with Crippen molar-refractivity contribution in [3.63, 3.8) is 0 Å². The molecular weight excluding hydrogens is 242 g/mol. The molecular formula is C19H37N. The van der Waals surface area contributed by atoms with Gasteiger partial charge in [-0.1, -0.05) is 53.4 Å². The first-order chi connectivity index (χ1) is 9.53.